The minimum atomic E-state index is -0.949. The van der Waals surface area contributed by atoms with Crippen molar-refractivity contribution < 1.29 is 22.7 Å². The Balaban J connectivity index is 1.11. The predicted molar refractivity (Wildman–Crippen MR) is 188 cm³/mol. The number of alkyl halides is 1. The van der Waals surface area contributed by atoms with Crippen LogP contribution in [-0.2, 0) is 0 Å². The van der Waals surface area contributed by atoms with Gasteiger partial charge in [-0.05, 0) is 56.5 Å². The molecule has 0 unspecified atom stereocenters. The van der Waals surface area contributed by atoms with Crippen LogP contribution < -0.4 is 20.7 Å². The van der Waals surface area contributed by atoms with Gasteiger partial charge >= 0.3 is 12.0 Å². The molecule has 4 saturated heterocycles. The summed E-state index contributed by atoms with van der Waals surface area (Å²) in [5.41, 5.74) is 5.87. The third-order valence-corrected chi connectivity index (χ3v) is 11.9. The molecule has 3 aromatic heterocycles. The quantitative estimate of drug-likeness (QED) is 0.212. The number of halogens is 4. The molecule has 3 N–H and O–H groups in total. The highest BCUT2D eigenvalue weighted by atomic mass is 35.5. The molecule has 9 rings (SSSR count). The molecule has 2 amide bonds. The Morgan fingerprint density at radius 2 is 1.94 bits per heavy atom. The molecule has 51 heavy (non-hydrogen) atoms. The van der Waals surface area contributed by atoms with Crippen molar-refractivity contribution >= 4 is 66.9 Å². The number of nitrogens with one attached hydrogen (secondary N) is 1. The van der Waals surface area contributed by atoms with Crippen molar-refractivity contribution in [3.63, 3.8) is 0 Å². The van der Waals surface area contributed by atoms with Crippen LogP contribution in [0.25, 0.3) is 32.2 Å². The van der Waals surface area contributed by atoms with Crippen LogP contribution in [0, 0.1) is 11.6 Å². The number of piperazine rings is 1. The van der Waals surface area contributed by atoms with Crippen LogP contribution in [0.1, 0.15) is 32.1 Å². The van der Waals surface area contributed by atoms with E-state index in [1.54, 1.807) is 18.3 Å². The van der Waals surface area contributed by atoms with Gasteiger partial charge in [0.2, 0.25) is 0 Å². The number of fused-ring (bicyclic) bond motifs is 5. The summed E-state index contributed by atoms with van der Waals surface area (Å²) in [5.74, 6) is -0.459. The van der Waals surface area contributed by atoms with Gasteiger partial charge in [-0.15, -0.1) is 0 Å². The standard InChI is InChI=1S/C34H32ClF3N10O2S/c35-22-10-21-27(26(38)25(22)20-4-5-23(37)29-28(20)43-31(39)51-29)44-32(50-15-34-7-1-9-47(34)12-17(36)11-34)45-30(21)46-13-18-2-3-19(14-46)48(18)33(49)42-24-6-8-40-16-41-24/h4-6,8,10,16-19H,1-3,7,9,11-15H2,(H2,39,43)(H,40,41,42,49)/t17-,18-,19+,34+/m1/s1. The molecule has 0 radical (unpaired) electrons. The summed E-state index contributed by atoms with van der Waals surface area (Å²) in [7, 11) is 0. The number of urea groups is 1. The first kappa shape index (κ1) is 32.4. The fraction of sp³-hybridized carbons (Fsp3) is 0.412. The first-order chi connectivity index (χ1) is 24.7. The summed E-state index contributed by atoms with van der Waals surface area (Å²) in [6, 6.07) is 5.27. The first-order valence-corrected chi connectivity index (χ1v) is 18.0. The number of carbonyl (C=O) groups excluding carboxylic acids is 1. The Kier molecular flexibility index (Phi) is 7.81. The average Bonchev–Trinajstić information content (AvgIpc) is 3.84. The zero-order chi connectivity index (χ0) is 35.0. The van der Waals surface area contributed by atoms with E-state index >= 15 is 4.39 Å². The number of rotatable bonds is 6. The number of carbonyl (C=O) groups is 1. The number of hydrogen-bond donors (Lipinski definition) is 2. The van der Waals surface area contributed by atoms with Crippen molar-refractivity contribution in [1.82, 2.24) is 34.7 Å². The van der Waals surface area contributed by atoms with Gasteiger partial charge in [0.05, 0.1) is 32.9 Å². The van der Waals surface area contributed by atoms with Gasteiger partial charge < -0.3 is 20.3 Å². The molecule has 0 saturated carbocycles. The number of aromatic nitrogens is 5. The van der Waals surface area contributed by atoms with Gasteiger partial charge in [0.25, 0.3) is 0 Å². The number of anilines is 3. The lowest BCUT2D eigenvalue weighted by atomic mass is 9.95. The van der Waals surface area contributed by atoms with Gasteiger partial charge in [0.15, 0.2) is 10.9 Å². The number of amides is 2. The largest absolute Gasteiger partial charge is 0.461 e. The van der Waals surface area contributed by atoms with Crippen molar-refractivity contribution in [2.75, 3.05) is 48.7 Å². The monoisotopic (exact) mass is 736 g/mol. The molecule has 4 aliphatic rings. The molecule has 264 valence electrons. The van der Waals surface area contributed by atoms with E-state index in [0.717, 1.165) is 43.6 Å². The lowest BCUT2D eigenvalue weighted by Gasteiger charge is -2.41. The summed E-state index contributed by atoms with van der Waals surface area (Å²) < 4.78 is 52.8. The zero-order valence-electron chi connectivity index (χ0n) is 27.2. The summed E-state index contributed by atoms with van der Waals surface area (Å²) in [6.07, 6.45) is 5.57. The second-order valence-electron chi connectivity index (χ2n) is 13.7. The molecule has 4 fully saturated rings. The Morgan fingerprint density at radius 1 is 1.12 bits per heavy atom. The fourth-order valence-corrected chi connectivity index (χ4v) is 9.56. The third-order valence-electron chi connectivity index (χ3n) is 10.7. The SMILES string of the molecule is Nc1nc2c(-c3c(Cl)cc4c(N5C[C@H]6CC[C@@H](C5)N6C(=O)Nc5ccncn5)nc(OC[C@@]56CCCN5C[C@H](F)C6)nc4c3F)ccc(F)c2s1. The molecule has 2 bridgehead atoms. The molecule has 4 atom stereocenters. The molecular weight excluding hydrogens is 705 g/mol. The van der Waals surface area contributed by atoms with E-state index < -0.39 is 23.3 Å². The molecule has 5 aromatic rings. The summed E-state index contributed by atoms with van der Waals surface area (Å²) in [5, 5.41) is 3.41. The second kappa shape index (κ2) is 12.3. The van der Waals surface area contributed by atoms with Gasteiger partial charge in [0, 0.05) is 48.8 Å². The first-order valence-electron chi connectivity index (χ1n) is 16.8. The highest BCUT2D eigenvalue weighted by Crippen LogP contribution is 2.45. The Morgan fingerprint density at radius 3 is 2.73 bits per heavy atom. The van der Waals surface area contributed by atoms with Crippen molar-refractivity contribution in [1.29, 1.82) is 0 Å². The van der Waals surface area contributed by atoms with E-state index in [4.69, 9.17) is 27.1 Å². The van der Waals surface area contributed by atoms with Crippen molar-refractivity contribution in [3.8, 4) is 17.1 Å². The van der Waals surface area contributed by atoms with Crippen LogP contribution in [0.2, 0.25) is 5.02 Å². The molecular formula is C34H32ClF3N10O2S. The predicted octanol–water partition coefficient (Wildman–Crippen LogP) is 6.05. The van der Waals surface area contributed by atoms with Gasteiger partial charge in [0.1, 0.15) is 42.1 Å². The number of nitrogen functional groups attached to an aromatic ring is 1. The summed E-state index contributed by atoms with van der Waals surface area (Å²) >= 11 is 7.83. The molecule has 0 aliphatic carbocycles. The van der Waals surface area contributed by atoms with Gasteiger partial charge in [-0.2, -0.15) is 9.97 Å². The second-order valence-corrected chi connectivity index (χ2v) is 15.1. The lowest BCUT2D eigenvalue weighted by Crippen LogP contribution is -2.57. The molecule has 7 heterocycles. The van der Waals surface area contributed by atoms with Crippen molar-refractivity contribution in [2.45, 2.75) is 55.9 Å². The van der Waals surface area contributed by atoms with Crippen molar-refractivity contribution in [3.05, 3.63) is 53.4 Å². The van der Waals surface area contributed by atoms with E-state index in [-0.39, 0.29) is 67.7 Å². The van der Waals surface area contributed by atoms with Gasteiger partial charge in [-0.25, -0.2) is 32.9 Å². The highest BCUT2D eigenvalue weighted by Gasteiger charge is 2.49. The van der Waals surface area contributed by atoms with Crippen LogP contribution in [0.15, 0.2) is 36.8 Å². The third kappa shape index (κ3) is 5.46. The van der Waals surface area contributed by atoms with Gasteiger partial charge in [-0.3, -0.25) is 10.2 Å². The number of hydrogen-bond acceptors (Lipinski definition) is 11. The Labute approximate surface area is 298 Å². The van der Waals surface area contributed by atoms with E-state index in [0.29, 0.717) is 43.1 Å². The van der Waals surface area contributed by atoms with Crippen molar-refractivity contribution in [2.24, 2.45) is 0 Å². The minimum absolute atomic E-state index is 0.00188. The maximum Gasteiger partial charge on any atom is 0.323 e. The molecule has 2 aromatic carbocycles. The maximum atomic E-state index is 17.0. The normalized spacial score (nSPS) is 24.5. The Bertz CT molecular complexity index is 2180. The Hall–Kier alpha value is -4.54. The van der Waals surface area contributed by atoms with Crippen LogP contribution in [-0.4, -0.2) is 97.3 Å². The van der Waals surface area contributed by atoms with E-state index in [1.807, 2.05) is 9.80 Å². The zero-order valence-corrected chi connectivity index (χ0v) is 28.7. The van der Waals surface area contributed by atoms with Gasteiger partial charge in [-0.1, -0.05) is 22.9 Å². The minimum Gasteiger partial charge on any atom is -0.461 e. The smallest absolute Gasteiger partial charge is 0.323 e. The van der Waals surface area contributed by atoms with Crippen LogP contribution >= 0.6 is 22.9 Å². The summed E-state index contributed by atoms with van der Waals surface area (Å²) in [4.78, 5) is 41.1. The van der Waals surface area contributed by atoms with E-state index in [1.165, 1.54) is 18.5 Å². The van der Waals surface area contributed by atoms with Crippen LogP contribution in [0.3, 0.4) is 0 Å². The fourth-order valence-electron chi connectivity index (χ4n) is 8.50. The van der Waals surface area contributed by atoms with E-state index in [2.05, 4.69) is 30.2 Å². The highest BCUT2D eigenvalue weighted by molar-refractivity contribution is 7.22. The number of nitrogens with zero attached hydrogens (tertiary/aromatic N) is 8. The lowest BCUT2D eigenvalue weighted by molar-refractivity contribution is 0.107. The average molecular weight is 737 g/mol. The van der Waals surface area contributed by atoms with Crippen LogP contribution in [0.4, 0.5) is 34.7 Å². The van der Waals surface area contributed by atoms with Crippen LogP contribution in [0.5, 0.6) is 6.01 Å². The number of nitrogens with two attached hydrogens (primary N) is 1. The topological polar surface area (TPSA) is 139 Å². The molecule has 0 spiro atoms. The molecule has 4 aliphatic heterocycles. The number of thiazole rings is 1. The molecule has 17 heteroatoms. The summed E-state index contributed by atoms with van der Waals surface area (Å²) in [6.45, 7) is 2.12. The maximum absolute atomic E-state index is 17.0. The number of ether oxygens (including phenoxy) is 1. The molecule has 12 nitrogen and oxygen atoms in total. The van der Waals surface area contributed by atoms with E-state index in [9.17, 15) is 13.6 Å². The number of benzene rings is 2.